The van der Waals surface area contributed by atoms with Crippen molar-refractivity contribution in [1.29, 1.82) is 0 Å². The molecule has 0 heterocycles. The van der Waals surface area contributed by atoms with Crippen molar-refractivity contribution in [3.8, 4) is 0 Å². The first-order valence-corrected chi connectivity index (χ1v) is 8.95. The van der Waals surface area contributed by atoms with Crippen LogP contribution in [0.15, 0.2) is 77.7 Å². The fourth-order valence-corrected chi connectivity index (χ4v) is 3.29. The van der Waals surface area contributed by atoms with Gasteiger partial charge in [0.1, 0.15) is 5.82 Å². The molecule has 0 aliphatic carbocycles. The molecule has 3 rings (SSSR count). The van der Waals surface area contributed by atoms with E-state index >= 15 is 0 Å². The van der Waals surface area contributed by atoms with E-state index in [1.165, 1.54) is 6.07 Å². The molecule has 2 nitrogen and oxygen atoms in total. The Kier molecular flexibility index (Phi) is 5.51. The van der Waals surface area contributed by atoms with Gasteiger partial charge in [-0.3, -0.25) is 4.79 Å². The lowest BCUT2D eigenvalue weighted by Gasteiger charge is -2.07. The van der Waals surface area contributed by atoms with Crippen LogP contribution >= 0.6 is 11.8 Å². The van der Waals surface area contributed by atoms with Gasteiger partial charge >= 0.3 is 0 Å². The van der Waals surface area contributed by atoms with Gasteiger partial charge in [0.25, 0.3) is 5.91 Å². The van der Waals surface area contributed by atoms with E-state index in [4.69, 9.17) is 0 Å². The summed E-state index contributed by atoms with van der Waals surface area (Å²) in [5, 5.41) is 2.89. The zero-order valence-corrected chi connectivity index (χ0v) is 14.6. The summed E-state index contributed by atoms with van der Waals surface area (Å²) in [5.41, 5.74) is 3.11. The summed E-state index contributed by atoms with van der Waals surface area (Å²) >= 11 is 1.56. The second kappa shape index (κ2) is 7.99. The highest BCUT2D eigenvalue weighted by Crippen LogP contribution is 2.25. The third-order valence-corrected chi connectivity index (χ3v) is 4.81. The van der Waals surface area contributed by atoms with Crippen molar-refractivity contribution >= 4 is 23.4 Å². The number of anilines is 1. The number of benzene rings is 3. The predicted molar refractivity (Wildman–Crippen MR) is 102 cm³/mol. The van der Waals surface area contributed by atoms with Gasteiger partial charge in [0.15, 0.2) is 0 Å². The normalized spacial score (nSPS) is 10.5. The minimum absolute atomic E-state index is 0.129. The van der Waals surface area contributed by atoms with E-state index in [1.54, 1.807) is 30.0 Å². The first kappa shape index (κ1) is 17.2. The van der Waals surface area contributed by atoms with Crippen molar-refractivity contribution in [2.24, 2.45) is 0 Å². The van der Waals surface area contributed by atoms with E-state index in [0.29, 0.717) is 16.9 Å². The zero-order chi connectivity index (χ0) is 17.6. The maximum Gasteiger partial charge on any atom is 0.255 e. The Hall–Kier alpha value is -2.59. The maximum absolute atomic E-state index is 13.6. The van der Waals surface area contributed by atoms with Crippen molar-refractivity contribution in [2.75, 3.05) is 5.32 Å². The third-order valence-electron chi connectivity index (χ3n) is 3.74. The number of rotatable bonds is 5. The van der Waals surface area contributed by atoms with Gasteiger partial charge in [-0.2, -0.15) is 0 Å². The van der Waals surface area contributed by atoms with E-state index in [-0.39, 0.29) is 11.7 Å². The number of carbonyl (C=O) groups is 1. The van der Waals surface area contributed by atoms with Crippen LogP contribution in [0.1, 0.15) is 21.5 Å². The average molecular weight is 351 g/mol. The number of thioether (sulfide) groups is 1. The Bertz CT molecular complexity index is 877. The number of aryl methyl sites for hydroxylation is 1. The van der Waals surface area contributed by atoms with Crippen LogP contribution in [-0.2, 0) is 5.75 Å². The lowest BCUT2D eigenvalue weighted by molar-refractivity contribution is 0.102. The summed E-state index contributed by atoms with van der Waals surface area (Å²) in [5.74, 6) is 0.259. The molecule has 0 radical (unpaired) electrons. The van der Waals surface area contributed by atoms with Crippen LogP contribution in [-0.4, -0.2) is 5.91 Å². The van der Waals surface area contributed by atoms with Crippen molar-refractivity contribution in [1.82, 2.24) is 0 Å². The molecule has 25 heavy (non-hydrogen) atoms. The summed E-state index contributed by atoms with van der Waals surface area (Å²) in [6.45, 7) is 1.96. The van der Waals surface area contributed by atoms with Crippen molar-refractivity contribution in [2.45, 2.75) is 17.6 Å². The van der Waals surface area contributed by atoms with Crippen LogP contribution in [0.4, 0.5) is 10.1 Å². The summed E-state index contributed by atoms with van der Waals surface area (Å²) in [6, 6.07) is 21.8. The van der Waals surface area contributed by atoms with Crippen LogP contribution in [0.2, 0.25) is 0 Å². The fourth-order valence-electron chi connectivity index (χ4n) is 2.40. The molecule has 0 aromatic heterocycles. The Morgan fingerprint density at radius 3 is 2.48 bits per heavy atom. The fraction of sp³-hybridized carbons (Fsp3) is 0.0952. The van der Waals surface area contributed by atoms with E-state index in [0.717, 1.165) is 16.1 Å². The molecule has 0 atom stereocenters. The Morgan fingerprint density at radius 2 is 1.76 bits per heavy atom. The van der Waals surface area contributed by atoms with Crippen LogP contribution in [0.25, 0.3) is 0 Å². The van der Waals surface area contributed by atoms with Crippen molar-refractivity contribution in [3.05, 3.63) is 95.3 Å². The molecule has 0 aliphatic heterocycles. The van der Waals surface area contributed by atoms with Gasteiger partial charge in [-0.1, -0.05) is 35.9 Å². The van der Waals surface area contributed by atoms with Crippen molar-refractivity contribution < 1.29 is 9.18 Å². The van der Waals surface area contributed by atoms with Gasteiger partial charge in [0, 0.05) is 21.9 Å². The summed E-state index contributed by atoms with van der Waals surface area (Å²) < 4.78 is 13.6. The van der Waals surface area contributed by atoms with Crippen LogP contribution in [0, 0.1) is 12.7 Å². The molecular formula is C21H18FNOS. The second-order valence-corrected chi connectivity index (χ2v) is 6.78. The zero-order valence-electron chi connectivity index (χ0n) is 13.8. The van der Waals surface area contributed by atoms with E-state index < -0.39 is 0 Å². The minimum atomic E-state index is -0.183. The molecule has 0 saturated carbocycles. The minimum Gasteiger partial charge on any atom is -0.322 e. The van der Waals surface area contributed by atoms with Crippen LogP contribution in [0.3, 0.4) is 0 Å². The largest absolute Gasteiger partial charge is 0.322 e. The third kappa shape index (κ3) is 4.70. The molecule has 3 aromatic rings. The highest BCUT2D eigenvalue weighted by Gasteiger charge is 2.06. The molecule has 1 amide bonds. The highest BCUT2D eigenvalue weighted by atomic mass is 32.2. The molecule has 0 aliphatic rings. The molecule has 0 bridgehead atoms. The van der Waals surface area contributed by atoms with Gasteiger partial charge in [0.2, 0.25) is 0 Å². The van der Waals surface area contributed by atoms with Crippen LogP contribution < -0.4 is 5.32 Å². The number of nitrogens with one attached hydrogen (secondary N) is 1. The van der Waals surface area contributed by atoms with Gasteiger partial charge in [0.05, 0.1) is 0 Å². The highest BCUT2D eigenvalue weighted by molar-refractivity contribution is 7.98. The predicted octanol–water partition coefficient (Wildman–Crippen LogP) is 5.68. The Morgan fingerprint density at radius 1 is 1.00 bits per heavy atom. The second-order valence-electron chi connectivity index (χ2n) is 5.73. The Balaban J connectivity index is 1.60. The van der Waals surface area contributed by atoms with Crippen LogP contribution in [0.5, 0.6) is 0 Å². The molecule has 0 spiro atoms. The first-order valence-electron chi connectivity index (χ1n) is 7.96. The Labute approximate surface area is 151 Å². The standard InChI is InChI=1S/C21H18FNOS/c1-15-5-4-7-16(13-15)21(24)23-18-9-11-19(12-10-18)25-14-17-6-2-3-8-20(17)22/h2-13H,14H2,1H3,(H,23,24). The lowest BCUT2D eigenvalue weighted by atomic mass is 10.1. The van der Waals surface area contributed by atoms with Gasteiger partial charge in [-0.15, -0.1) is 11.8 Å². The lowest BCUT2D eigenvalue weighted by Crippen LogP contribution is -2.11. The van der Waals surface area contributed by atoms with E-state index in [2.05, 4.69) is 5.32 Å². The summed E-state index contributed by atoms with van der Waals surface area (Å²) in [4.78, 5) is 13.3. The van der Waals surface area contributed by atoms with Gasteiger partial charge < -0.3 is 5.32 Å². The molecule has 0 unspecified atom stereocenters. The quantitative estimate of drug-likeness (QED) is 0.599. The first-order chi connectivity index (χ1) is 12.1. The number of hydrogen-bond acceptors (Lipinski definition) is 2. The molecule has 4 heteroatoms. The molecule has 1 N–H and O–H groups in total. The van der Waals surface area contributed by atoms with E-state index in [1.807, 2.05) is 55.5 Å². The monoisotopic (exact) mass is 351 g/mol. The topological polar surface area (TPSA) is 29.1 Å². The number of hydrogen-bond donors (Lipinski definition) is 1. The van der Waals surface area contributed by atoms with E-state index in [9.17, 15) is 9.18 Å². The summed E-state index contributed by atoms with van der Waals surface area (Å²) in [6.07, 6.45) is 0. The molecule has 0 saturated heterocycles. The summed E-state index contributed by atoms with van der Waals surface area (Å²) in [7, 11) is 0. The molecule has 3 aromatic carbocycles. The van der Waals surface area contributed by atoms with Gasteiger partial charge in [-0.25, -0.2) is 4.39 Å². The molecule has 126 valence electrons. The van der Waals surface area contributed by atoms with Crippen molar-refractivity contribution in [3.63, 3.8) is 0 Å². The smallest absolute Gasteiger partial charge is 0.255 e. The molecule has 0 fully saturated rings. The number of halogens is 1. The number of carbonyl (C=O) groups excluding carboxylic acids is 1. The molecular weight excluding hydrogens is 333 g/mol. The SMILES string of the molecule is Cc1cccc(C(=O)Nc2ccc(SCc3ccccc3F)cc2)c1. The maximum atomic E-state index is 13.6. The average Bonchev–Trinajstić information content (AvgIpc) is 2.62. The number of amides is 1. The van der Waals surface area contributed by atoms with Gasteiger partial charge in [-0.05, 0) is 55.0 Å².